The van der Waals surface area contributed by atoms with Gasteiger partial charge in [0, 0.05) is 6.07 Å². The van der Waals surface area contributed by atoms with Gasteiger partial charge in [0.05, 0.1) is 16.8 Å². The molecule has 1 saturated carbocycles. The van der Waals surface area contributed by atoms with Gasteiger partial charge in [-0.05, 0) is 43.2 Å². The quantitative estimate of drug-likeness (QED) is 0.805. The first-order valence-electron chi connectivity index (χ1n) is 6.28. The summed E-state index contributed by atoms with van der Waals surface area (Å²) in [7, 11) is 0. The summed E-state index contributed by atoms with van der Waals surface area (Å²) in [4.78, 5) is 0. The number of nitrogens with two attached hydrogens (primary N) is 1. The number of anilines is 1. The number of halogens is 1. The number of hydrogen-bond acceptors (Lipinski definition) is 2. The largest absolute Gasteiger partial charge is 0.490 e. The van der Waals surface area contributed by atoms with Crippen molar-refractivity contribution in [1.82, 2.24) is 0 Å². The van der Waals surface area contributed by atoms with Crippen LogP contribution < -0.4 is 10.5 Å². The van der Waals surface area contributed by atoms with Crippen molar-refractivity contribution in [2.24, 2.45) is 11.8 Å². The molecule has 0 saturated heterocycles. The van der Waals surface area contributed by atoms with E-state index in [1.54, 1.807) is 12.1 Å². The minimum atomic E-state index is 0.320. The van der Waals surface area contributed by atoms with Crippen molar-refractivity contribution in [3.8, 4) is 5.75 Å². The van der Waals surface area contributed by atoms with Gasteiger partial charge in [-0.25, -0.2) is 0 Å². The van der Waals surface area contributed by atoms with E-state index in [-0.39, 0.29) is 0 Å². The Morgan fingerprint density at radius 1 is 1.24 bits per heavy atom. The van der Waals surface area contributed by atoms with Crippen molar-refractivity contribution in [2.45, 2.75) is 39.2 Å². The van der Waals surface area contributed by atoms with E-state index in [4.69, 9.17) is 22.1 Å². The highest BCUT2D eigenvalue weighted by Gasteiger charge is 2.25. The van der Waals surface area contributed by atoms with Gasteiger partial charge in [0.15, 0.2) is 0 Å². The molecule has 0 amide bonds. The fourth-order valence-corrected chi connectivity index (χ4v) is 2.55. The van der Waals surface area contributed by atoms with Gasteiger partial charge in [-0.3, -0.25) is 0 Å². The third-order valence-corrected chi connectivity index (χ3v) is 4.15. The number of benzene rings is 1. The summed E-state index contributed by atoms with van der Waals surface area (Å²) in [6.07, 6.45) is 3.83. The van der Waals surface area contributed by atoms with Crippen molar-refractivity contribution in [2.75, 3.05) is 5.73 Å². The van der Waals surface area contributed by atoms with Gasteiger partial charge >= 0.3 is 0 Å². The molecule has 0 aliphatic heterocycles. The minimum Gasteiger partial charge on any atom is -0.490 e. The third-order valence-electron chi connectivity index (χ3n) is 3.82. The topological polar surface area (TPSA) is 35.2 Å². The third kappa shape index (κ3) is 3.06. The first-order chi connectivity index (χ1) is 8.06. The summed E-state index contributed by atoms with van der Waals surface area (Å²) in [6.45, 7) is 4.62. The Morgan fingerprint density at radius 3 is 2.65 bits per heavy atom. The standard InChI is InChI=1S/C14H20ClNO/c1-9-3-4-11(7-10(9)2)17-12-5-6-14(16)13(15)8-12/h5-6,8-11H,3-4,7,16H2,1-2H3. The van der Waals surface area contributed by atoms with Gasteiger partial charge in [-0.15, -0.1) is 0 Å². The predicted molar refractivity (Wildman–Crippen MR) is 72.5 cm³/mol. The predicted octanol–water partition coefficient (Wildman–Crippen LogP) is 4.13. The maximum Gasteiger partial charge on any atom is 0.121 e. The average Bonchev–Trinajstić information content (AvgIpc) is 2.29. The van der Waals surface area contributed by atoms with Gasteiger partial charge in [-0.1, -0.05) is 25.4 Å². The second-order valence-electron chi connectivity index (χ2n) is 5.19. The van der Waals surface area contributed by atoms with Gasteiger partial charge in [0.25, 0.3) is 0 Å². The van der Waals surface area contributed by atoms with Crippen molar-refractivity contribution in [1.29, 1.82) is 0 Å². The van der Waals surface area contributed by atoms with E-state index in [1.807, 2.05) is 6.07 Å². The molecule has 0 radical (unpaired) electrons. The number of hydrogen-bond donors (Lipinski definition) is 1. The van der Waals surface area contributed by atoms with Crippen molar-refractivity contribution >= 4 is 17.3 Å². The van der Waals surface area contributed by atoms with E-state index in [0.29, 0.717) is 16.8 Å². The molecule has 0 spiro atoms. The summed E-state index contributed by atoms with van der Waals surface area (Å²) >= 11 is 5.98. The molecule has 3 unspecified atom stereocenters. The molecule has 1 aliphatic rings. The van der Waals surface area contributed by atoms with E-state index < -0.39 is 0 Å². The number of rotatable bonds is 2. The maximum absolute atomic E-state index is 5.98. The fraction of sp³-hybridized carbons (Fsp3) is 0.571. The molecule has 0 bridgehead atoms. The van der Waals surface area contributed by atoms with Crippen molar-refractivity contribution < 1.29 is 4.74 Å². The SMILES string of the molecule is CC1CCC(Oc2ccc(N)c(Cl)c2)CC1C. The zero-order valence-corrected chi connectivity index (χ0v) is 11.2. The molecule has 3 heteroatoms. The molecular weight excluding hydrogens is 234 g/mol. The van der Waals surface area contributed by atoms with Crippen LogP contribution in [-0.2, 0) is 0 Å². The maximum atomic E-state index is 5.98. The van der Waals surface area contributed by atoms with Crippen LogP contribution in [0.3, 0.4) is 0 Å². The van der Waals surface area contributed by atoms with Crippen molar-refractivity contribution in [3.63, 3.8) is 0 Å². The lowest BCUT2D eigenvalue weighted by atomic mass is 9.80. The van der Waals surface area contributed by atoms with Crippen LogP contribution in [0.15, 0.2) is 18.2 Å². The second kappa shape index (κ2) is 5.18. The number of nitrogen functional groups attached to an aromatic ring is 1. The van der Waals surface area contributed by atoms with E-state index >= 15 is 0 Å². The van der Waals surface area contributed by atoms with Gasteiger partial charge < -0.3 is 10.5 Å². The highest BCUT2D eigenvalue weighted by Crippen LogP contribution is 2.33. The summed E-state index contributed by atoms with van der Waals surface area (Å²) in [6, 6.07) is 5.50. The lowest BCUT2D eigenvalue weighted by molar-refractivity contribution is 0.101. The van der Waals surface area contributed by atoms with Gasteiger partial charge in [-0.2, -0.15) is 0 Å². The van der Waals surface area contributed by atoms with Crippen molar-refractivity contribution in [3.05, 3.63) is 23.2 Å². The Bertz CT molecular complexity index is 394. The molecule has 1 aromatic rings. The molecule has 1 fully saturated rings. The summed E-state index contributed by atoms with van der Waals surface area (Å²) in [5, 5.41) is 0.569. The fourth-order valence-electron chi connectivity index (χ4n) is 2.38. The molecule has 1 aromatic carbocycles. The Labute approximate surface area is 108 Å². The van der Waals surface area contributed by atoms with E-state index in [0.717, 1.165) is 30.4 Å². The Morgan fingerprint density at radius 2 is 2.00 bits per heavy atom. The van der Waals surface area contributed by atoms with Crippen LogP contribution in [-0.4, -0.2) is 6.10 Å². The van der Waals surface area contributed by atoms with Crippen LogP contribution in [0.5, 0.6) is 5.75 Å². The molecule has 1 aliphatic carbocycles. The first-order valence-corrected chi connectivity index (χ1v) is 6.65. The van der Waals surface area contributed by atoms with E-state index in [2.05, 4.69) is 13.8 Å². The monoisotopic (exact) mass is 253 g/mol. The smallest absolute Gasteiger partial charge is 0.121 e. The van der Waals surface area contributed by atoms with Crippen LogP contribution in [0, 0.1) is 11.8 Å². The van der Waals surface area contributed by atoms with Crippen LogP contribution in [0.2, 0.25) is 5.02 Å². The Hall–Kier alpha value is -0.890. The van der Waals surface area contributed by atoms with E-state index in [1.165, 1.54) is 6.42 Å². The highest BCUT2D eigenvalue weighted by molar-refractivity contribution is 6.33. The molecule has 2 N–H and O–H groups in total. The molecule has 0 heterocycles. The lowest BCUT2D eigenvalue weighted by Gasteiger charge is -2.32. The Balaban J connectivity index is 1.99. The van der Waals surface area contributed by atoms with Crippen LogP contribution >= 0.6 is 11.6 Å². The van der Waals surface area contributed by atoms with Crippen LogP contribution in [0.4, 0.5) is 5.69 Å². The molecule has 2 nitrogen and oxygen atoms in total. The second-order valence-corrected chi connectivity index (χ2v) is 5.60. The molecular formula is C14H20ClNO. The number of ether oxygens (including phenoxy) is 1. The molecule has 2 rings (SSSR count). The molecule has 94 valence electrons. The Kier molecular flexibility index (Phi) is 3.82. The van der Waals surface area contributed by atoms with E-state index in [9.17, 15) is 0 Å². The van der Waals surface area contributed by atoms with Crippen LogP contribution in [0.1, 0.15) is 33.1 Å². The summed E-state index contributed by atoms with van der Waals surface area (Å²) < 4.78 is 5.97. The average molecular weight is 254 g/mol. The first kappa shape index (κ1) is 12.6. The van der Waals surface area contributed by atoms with Gasteiger partial charge in [0.2, 0.25) is 0 Å². The zero-order valence-electron chi connectivity index (χ0n) is 10.4. The highest BCUT2D eigenvalue weighted by atomic mass is 35.5. The summed E-state index contributed by atoms with van der Waals surface area (Å²) in [5.74, 6) is 2.37. The lowest BCUT2D eigenvalue weighted by Crippen LogP contribution is -2.28. The van der Waals surface area contributed by atoms with Crippen LogP contribution in [0.25, 0.3) is 0 Å². The van der Waals surface area contributed by atoms with Gasteiger partial charge in [0.1, 0.15) is 5.75 Å². The molecule has 0 aromatic heterocycles. The molecule has 17 heavy (non-hydrogen) atoms. The minimum absolute atomic E-state index is 0.320. The zero-order chi connectivity index (χ0) is 12.4. The molecule has 3 atom stereocenters. The summed E-state index contributed by atoms with van der Waals surface area (Å²) in [5.41, 5.74) is 6.28. The normalized spacial score (nSPS) is 29.0.